The van der Waals surface area contributed by atoms with Crippen molar-refractivity contribution < 1.29 is 14.7 Å². The molecule has 118 valence electrons. The van der Waals surface area contributed by atoms with Crippen LogP contribution in [-0.2, 0) is 9.59 Å². The lowest BCUT2D eigenvalue weighted by Crippen LogP contribution is -2.39. The molecule has 6 heteroatoms. The Balaban J connectivity index is 1.87. The van der Waals surface area contributed by atoms with Crippen LogP contribution in [0.4, 0.5) is 0 Å². The van der Waals surface area contributed by atoms with E-state index in [1.54, 1.807) is 19.1 Å². The van der Waals surface area contributed by atoms with Crippen molar-refractivity contribution in [3.8, 4) is 5.75 Å². The molecule has 0 unspecified atom stereocenters. The second-order valence-corrected chi connectivity index (χ2v) is 4.90. The molecule has 0 aliphatic carbocycles. The maximum atomic E-state index is 11.8. The minimum Gasteiger partial charge on any atom is -0.508 e. The van der Waals surface area contributed by atoms with Gasteiger partial charge in [0.05, 0.1) is 12.3 Å². The molecule has 2 amide bonds. The predicted octanol–water partition coefficient (Wildman–Crippen LogP) is 1.72. The molecule has 23 heavy (non-hydrogen) atoms. The highest BCUT2D eigenvalue weighted by Gasteiger charge is 2.16. The van der Waals surface area contributed by atoms with Crippen LogP contribution in [0.5, 0.6) is 5.75 Å². The normalized spacial score (nSPS) is 11.9. The first-order valence-corrected chi connectivity index (χ1v) is 7.04. The van der Waals surface area contributed by atoms with E-state index in [1.165, 1.54) is 18.3 Å². The number of carbonyl (C=O) groups excluding carboxylic acids is 2. The summed E-state index contributed by atoms with van der Waals surface area (Å²) in [7, 11) is 0. The van der Waals surface area contributed by atoms with Gasteiger partial charge in [-0.05, 0) is 30.2 Å². The molecule has 0 spiro atoms. The van der Waals surface area contributed by atoms with Crippen LogP contribution in [0.25, 0.3) is 0 Å². The summed E-state index contributed by atoms with van der Waals surface area (Å²) in [6.45, 7) is 1.79. The van der Waals surface area contributed by atoms with E-state index in [0.717, 1.165) is 5.56 Å². The predicted molar refractivity (Wildman–Crippen MR) is 86.8 cm³/mol. The fourth-order valence-electron chi connectivity index (χ4n) is 1.91. The summed E-state index contributed by atoms with van der Waals surface area (Å²) in [5, 5.41) is 15.6. The van der Waals surface area contributed by atoms with Crippen LogP contribution in [0, 0.1) is 0 Å². The van der Waals surface area contributed by atoms with Crippen molar-refractivity contribution in [3.63, 3.8) is 0 Å². The van der Waals surface area contributed by atoms with Crippen molar-refractivity contribution in [2.75, 3.05) is 0 Å². The van der Waals surface area contributed by atoms with Crippen molar-refractivity contribution in [1.82, 2.24) is 10.7 Å². The maximum absolute atomic E-state index is 11.8. The molecule has 2 aromatic carbocycles. The fraction of sp³-hybridized carbons (Fsp3) is 0.118. The molecule has 0 aliphatic heterocycles. The van der Waals surface area contributed by atoms with Crippen LogP contribution in [0.1, 0.15) is 24.1 Å². The van der Waals surface area contributed by atoms with Gasteiger partial charge in [-0.15, -0.1) is 0 Å². The summed E-state index contributed by atoms with van der Waals surface area (Å²) in [6, 6.07) is 15.4. The molecule has 0 bridgehead atoms. The molecule has 0 fully saturated rings. The number of benzene rings is 2. The van der Waals surface area contributed by atoms with Crippen molar-refractivity contribution >= 4 is 18.0 Å². The zero-order valence-electron chi connectivity index (χ0n) is 12.6. The third-order valence-corrected chi connectivity index (χ3v) is 3.10. The zero-order chi connectivity index (χ0) is 16.7. The molecule has 0 aliphatic rings. The summed E-state index contributed by atoms with van der Waals surface area (Å²) in [5.74, 6) is -1.53. The first-order valence-electron chi connectivity index (χ1n) is 7.04. The van der Waals surface area contributed by atoms with Gasteiger partial charge in [-0.1, -0.05) is 42.5 Å². The minimum absolute atomic E-state index is 0.0923. The van der Waals surface area contributed by atoms with Crippen LogP contribution < -0.4 is 10.7 Å². The Morgan fingerprint density at radius 3 is 2.52 bits per heavy atom. The third-order valence-electron chi connectivity index (χ3n) is 3.10. The second-order valence-electron chi connectivity index (χ2n) is 4.90. The largest absolute Gasteiger partial charge is 0.508 e. The average Bonchev–Trinajstić information content (AvgIpc) is 2.55. The van der Waals surface area contributed by atoms with E-state index in [-0.39, 0.29) is 11.8 Å². The van der Waals surface area contributed by atoms with Gasteiger partial charge in [-0.2, -0.15) is 5.10 Å². The van der Waals surface area contributed by atoms with Crippen LogP contribution in [0.15, 0.2) is 59.7 Å². The van der Waals surface area contributed by atoms with E-state index >= 15 is 0 Å². The number of phenols is 1. The Bertz CT molecular complexity index is 714. The molecule has 1 atom stereocenters. The highest BCUT2D eigenvalue weighted by Crippen LogP contribution is 2.10. The molecule has 0 radical (unpaired) electrons. The molecule has 0 heterocycles. The minimum atomic E-state index is -0.857. The van der Waals surface area contributed by atoms with Gasteiger partial charge in [0.25, 0.3) is 0 Å². The van der Waals surface area contributed by atoms with Gasteiger partial charge in [0.1, 0.15) is 5.75 Å². The molecule has 0 saturated heterocycles. The first kappa shape index (κ1) is 16.2. The molecule has 2 rings (SSSR count). The standard InChI is InChI=1S/C17H17N3O3/c1-12(14-7-3-2-4-8-14)19-16(22)17(23)20-18-11-13-6-5-9-15(21)10-13/h2-12,21H,1H3,(H,19,22)(H,20,23)/b18-11-/t12-/m1/s1. The Morgan fingerprint density at radius 2 is 1.83 bits per heavy atom. The van der Waals surface area contributed by atoms with Crippen molar-refractivity contribution in [2.45, 2.75) is 13.0 Å². The highest BCUT2D eigenvalue weighted by molar-refractivity contribution is 6.35. The number of hydrogen-bond acceptors (Lipinski definition) is 4. The molecule has 0 saturated carbocycles. The maximum Gasteiger partial charge on any atom is 0.329 e. The number of aromatic hydroxyl groups is 1. The van der Waals surface area contributed by atoms with Gasteiger partial charge >= 0.3 is 11.8 Å². The van der Waals surface area contributed by atoms with Gasteiger partial charge in [-0.25, -0.2) is 5.43 Å². The monoisotopic (exact) mass is 311 g/mol. The quantitative estimate of drug-likeness (QED) is 0.456. The number of nitrogens with one attached hydrogen (secondary N) is 2. The number of hydrogen-bond donors (Lipinski definition) is 3. The topological polar surface area (TPSA) is 90.8 Å². The van der Waals surface area contributed by atoms with E-state index in [9.17, 15) is 14.7 Å². The number of hydrazone groups is 1. The SMILES string of the molecule is C[C@@H](NC(=O)C(=O)N/N=C\c1cccc(O)c1)c1ccccc1. The molecule has 0 aromatic heterocycles. The average molecular weight is 311 g/mol. The van der Waals surface area contributed by atoms with Crippen LogP contribution in [-0.4, -0.2) is 23.1 Å². The number of nitrogens with zero attached hydrogens (tertiary/aromatic N) is 1. The summed E-state index contributed by atoms with van der Waals surface area (Å²) < 4.78 is 0. The molecular weight excluding hydrogens is 294 g/mol. The number of carbonyl (C=O) groups is 2. The number of phenolic OH excluding ortho intramolecular Hbond substituents is 1. The van der Waals surface area contributed by atoms with E-state index < -0.39 is 11.8 Å². The van der Waals surface area contributed by atoms with Crippen LogP contribution >= 0.6 is 0 Å². The Kier molecular flexibility index (Phi) is 5.46. The summed E-state index contributed by atoms with van der Waals surface area (Å²) in [6.07, 6.45) is 1.34. The molecular formula is C17H17N3O3. The Labute approximate surface area is 133 Å². The zero-order valence-corrected chi connectivity index (χ0v) is 12.6. The summed E-state index contributed by atoms with van der Waals surface area (Å²) in [5.41, 5.74) is 3.64. The Morgan fingerprint density at radius 1 is 1.09 bits per heavy atom. The fourth-order valence-corrected chi connectivity index (χ4v) is 1.91. The van der Waals surface area contributed by atoms with Gasteiger partial charge in [0, 0.05) is 0 Å². The third kappa shape index (κ3) is 4.96. The van der Waals surface area contributed by atoms with Crippen LogP contribution in [0.2, 0.25) is 0 Å². The van der Waals surface area contributed by atoms with Gasteiger partial charge in [-0.3, -0.25) is 9.59 Å². The van der Waals surface area contributed by atoms with E-state index in [4.69, 9.17) is 0 Å². The van der Waals surface area contributed by atoms with Gasteiger partial charge in [0.2, 0.25) is 0 Å². The highest BCUT2D eigenvalue weighted by atomic mass is 16.3. The van der Waals surface area contributed by atoms with Gasteiger partial charge < -0.3 is 10.4 Å². The van der Waals surface area contributed by atoms with Crippen molar-refractivity contribution in [2.24, 2.45) is 5.10 Å². The van der Waals surface area contributed by atoms with Crippen LogP contribution in [0.3, 0.4) is 0 Å². The lowest BCUT2D eigenvalue weighted by Gasteiger charge is -2.13. The number of rotatable bonds is 4. The first-order chi connectivity index (χ1) is 11.1. The van der Waals surface area contributed by atoms with E-state index in [0.29, 0.717) is 5.56 Å². The smallest absolute Gasteiger partial charge is 0.329 e. The lowest BCUT2D eigenvalue weighted by molar-refractivity contribution is -0.139. The molecule has 6 nitrogen and oxygen atoms in total. The Hall–Kier alpha value is -3.15. The van der Waals surface area contributed by atoms with Crippen molar-refractivity contribution in [1.29, 1.82) is 0 Å². The van der Waals surface area contributed by atoms with E-state index in [2.05, 4.69) is 15.8 Å². The molecule has 3 N–H and O–H groups in total. The number of amides is 2. The van der Waals surface area contributed by atoms with Gasteiger partial charge in [0.15, 0.2) is 0 Å². The summed E-state index contributed by atoms with van der Waals surface area (Å²) in [4.78, 5) is 23.5. The molecule has 2 aromatic rings. The second kappa shape index (κ2) is 7.74. The van der Waals surface area contributed by atoms with Crippen molar-refractivity contribution in [3.05, 3.63) is 65.7 Å². The lowest BCUT2D eigenvalue weighted by atomic mass is 10.1. The summed E-state index contributed by atoms with van der Waals surface area (Å²) >= 11 is 0. The van der Waals surface area contributed by atoms with E-state index in [1.807, 2.05) is 30.3 Å².